The molecule has 1 rings (SSSR count). The summed E-state index contributed by atoms with van der Waals surface area (Å²) in [7, 11) is 0. The molecule has 1 unspecified atom stereocenters. The molecule has 16 heavy (non-hydrogen) atoms. The zero-order valence-electron chi connectivity index (χ0n) is 9.74. The molecule has 0 spiro atoms. The van der Waals surface area contributed by atoms with Crippen molar-refractivity contribution in [1.29, 1.82) is 0 Å². The molecule has 0 aromatic rings. The number of likely N-dealkylation sites (tertiary alicyclic amines) is 1. The fourth-order valence-electron chi connectivity index (χ4n) is 1.89. The molecule has 92 valence electrons. The molecule has 1 heterocycles. The predicted molar refractivity (Wildman–Crippen MR) is 59.7 cm³/mol. The summed E-state index contributed by atoms with van der Waals surface area (Å²) in [4.78, 5) is 24.9. The summed E-state index contributed by atoms with van der Waals surface area (Å²) in [6, 6.07) is 0.157. The molecule has 0 aromatic carbocycles. The monoisotopic (exact) mass is 228 g/mol. The summed E-state index contributed by atoms with van der Waals surface area (Å²) in [5.41, 5.74) is 0. The summed E-state index contributed by atoms with van der Waals surface area (Å²) in [6.07, 6.45) is 3.54. The van der Waals surface area contributed by atoms with E-state index in [1.54, 1.807) is 4.90 Å². The van der Waals surface area contributed by atoms with Crippen LogP contribution in [-0.2, 0) is 9.59 Å². The number of rotatable bonds is 3. The van der Waals surface area contributed by atoms with Gasteiger partial charge in [0, 0.05) is 25.7 Å². The second-order valence-corrected chi connectivity index (χ2v) is 4.18. The third kappa shape index (κ3) is 3.48. The minimum atomic E-state index is -0.554. The first-order valence-corrected chi connectivity index (χ1v) is 5.86. The van der Waals surface area contributed by atoms with Crippen LogP contribution in [0.15, 0.2) is 0 Å². The van der Waals surface area contributed by atoms with Crippen LogP contribution in [0.1, 0.15) is 32.6 Å². The average molecular weight is 228 g/mol. The maximum atomic E-state index is 11.8. The highest BCUT2D eigenvalue weighted by Crippen LogP contribution is 2.16. The minimum Gasteiger partial charge on any atom is -0.396 e. The van der Waals surface area contributed by atoms with Crippen LogP contribution in [0.3, 0.4) is 0 Å². The molecule has 1 aliphatic rings. The van der Waals surface area contributed by atoms with Crippen molar-refractivity contribution < 1.29 is 14.7 Å². The zero-order chi connectivity index (χ0) is 12.0. The molecule has 0 aliphatic carbocycles. The van der Waals surface area contributed by atoms with E-state index in [1.807, 2.05) is 6.92 Å². The van der Waals surface area contributed by atoms with Gasteiger partial charge in [-0.1, -0.05) is 0 Å². The second-order valence-electron chi connectivity index (χ2n) is 4.18. The van der Waals surface area contributed by atoms with Gasteiger partial charge in [-0.3, -0.25) is 9.59 Å². The molecule has 1 fully saturated rings. The predicted octanol–water partition coefficient (Wildman–Crippen LogP) is -0.114. The number of nitrogens with one attached hydrogen (secondary N) is 1. The minimum absolute atomic E-state index is 0.0224. The number of aliphatic hydroxyl groups excluding tert-OH is 1. The molecule has 0 saturated carbocycles. The van der Waals surface area contributed by atoms with Gasteiger partial charge in [0.2, 0.25) is 0 Å². The van der Waals surface area contributed by atoms with E-state index < -0.39 is 11.8 Å². The molecule has 0 aromatic heterocycles. The Labute approximate surface area is 95.8 Å². The molecule has 1 atom stereocenters. The third-order valence-electron chi connectivity index (χ3n) is 2.88. The van der Waals surface area contributed by atoms with Gasteiger partial charge in [-0.25, -0.2) is 0 Å². The number of aliphatic hydroxyl groups is 1. The lowest BCUT2D eigenvalue weighted by Crippen LogP contribution is -2.49. The smallest absolute Gasteiger partial charge is 0.312 e. The van der Waals surface area contributed by atoms with Gasteiger partial charge in [0.1, 0.15) is 0 Å². The van der Waals surface area contributed by atoms with Gasteiger partial charge in [0.15, 0.2) is 0 Å². The van der Waals surface area contributed by atoms with Gasteiger partial charge in [-0.15, -0.1) is 0 Å². The van der Waals surface area contributed by atoms with Crippen molar-refractivity contribution in [2.24, 2.45) is 0 Å². The van der Waals surface area contributed by atoms with Crippen LogP contribution in [0.2, 0.25) is 0 Å². The van der Waals surface area contributed by atoms with Crippen LogP contribution < -0.4 is 5.32 Å². The highest BCUT2D eigenvalue weighted by atomic mass is 16.3. The van der Waals surface area contributed by atoms with Crippen LogP contribution in [0, 0.1) is 0 Å². The molecule has 0 bridgehead atoms. The van der Waals surface area contributed by atoms with Crippen LogP contribution in [0.25, 0.3) is 0 Å². The number of carbonyl (C=O) groups excluding carboxylic acids is 2. The molecule has 1 aliphatic heterocycles. The Balaban J connectivity index is 2.39. The highest BCUT2D eigenvalue weighted by molar-refractivity contribution is 6.35. The number of hydrogen-bond acceptors (Lipinski definition) is 3. The molecule has 5 nitrogen and oxygen atoms in total. The topological polar surface area (TPSA) is 69.6 Å². The Morgan fingerprint density at radius 2 is 2.19 bits per heavy atom. The normalized spacial score (nSPS) is 20.6. The summed E-state index contributed by atoms with van der Waals surface area (Å²) >= 11 is 0. The number of carbonyl (C=O) groups is 2. The molecular weight excluding hydrogens is 208 g/mol. The van der Waals surface area contributed by atoms with Gasteiger partial charge < -0.3 is 15.3 Å². The first-order chi connectivity index (χ1) is 7.66. The van der Waals surface area contributed by atoms with Crippen molar-refractivity contribution in [3.8, 4) is 0 Å². The number of piperidine rings is 1. The molecular formula is C11H20N2O3. The summed E-state index contributed by atoms with van der Waals surface area (Å²) in [6.45, 7) is 3.02. The number of amides is 2. The summed E-state index contributed by atoms with van der Waals surface area (Å²) < 4.78 is 0. The highest BCUT2D eigenvalue weighted by Gasteiger charge is 2.27. The van der Waals surface area contributed by atoms with E-state index in [4.69, 9.17) is 5.11 Å². The largest absolute Gasteiger partial charge is 0.396 e. The van der Waals surface area contributed by atoms with Crippen molar-refractivity contribution in [2.75, 3.05) is 19.7 Å². The van der Waals surface area contributed by atoms with Gasteiger partial charge in [-0.2, -0.15) is 0 Å². The molecule has 5 heteroatoms. The third-order valence-corrected chi connectivity index (χ3v) is 2.88. The van der Waals surface area contributed by atoms with Crippen LogP contribution in [0.4, 0.5) is 0 Å². The quantitative estimate of drug-likeness (QED) is 0.523. The van der Waals surface area contributed by atoms with E-state index in [2.05, 4.69) is 5.32 Å². The molecule has 2 N–H and O–H groups in total. The lowest BCUT2D eigenvalue weighted by Gasteiger charge is -2.32. The van der Waals surface area contributed by atoms with E-state index in [9.17, 15) is 9.59 Å². The lowest BCUT2D eigenvalue weighted by molar-refractivity contribution is -0.148. The zero-order valence-corrected chi connectivity index (χ0v) is 9.74. The van der Waals surface area contributed by atoms with E-state index in [0.717, 1.165) is 19.3 Å². The van der Waals surface area contributed by atoms with Crippen LogP contribution in [-0.4, -0.2) is 47.6 Å². The number of nitrogens with zero attached hydrogens (tertiary/aromatic N) is 1. The van der Waals surface area contributed by atoms with Gasteiger partial charge in [-0.05, 0) is 32.6 Å². The molecule has 0 radical (unpaired) electrons. The standard InChI is InChI=1S/C11H20N2O3/c1-9-5-2-3-7-13(9)11(16)10(15)12-6-4-8-14/h9,14H,2-8H2,1H3,(H,12,15). The molecule has 2 amide bonds. The van der Waals surface area contributed by atoms with E-state index in [-0.39, 0.29) is 12.6 Å². The van der Waals surface area contributed by atoms with Crippen molar-refractivity contribution in [3.63, 3.8) is 0 Å². The fourth-order valence-corrected chi connectivity index (χ4v) is 1.89. The van der Waals surface area contributed by atoms with Crippen molar-refractivity contribution >= 4 is 11.8 Å². The van der Waals surface area contributed by atoms with Crippen LogP contribution in [0.5, 0.6) is 0 Å². The molecule has 1 saturated heterocycles. The average Bonchev–Trinajstić information content (AvgIpc) is 2.29. The van der Waals surface area contributed by atoms with Crippen molar-refractivity contribution in [2.45, 2.75) is 38.6 Å². The van der Waals surface area contributed by atoms with E-state index in [0.29, 0.717) is 19.5 Å². The Hall–Kier alpha value is -1.10. The van der Waals surface area contributed by atoms with Gasteiger partial charge in [0.05, 0.1) is 0 Å². The van der Waals surface area contributed by atoms with Crippen molar-refractivity contribution in [1.82, 2.24) is 10.2 Å². The Bertz CT molecular complexity index is 256. The summed E-state index contributed by atoms with van der Waals surface area (Å²) in [5.74, 6) is -0.993. The fraction of sp³-hybridized carbons (Fsp3) is 0.818. The number of hydrogen-bond donors (Lipinski definition) is 2. The van der Waals surface area contributed by atoms with Gasteiger partial charge >= 0.3 is 11.8 Å². The maximum absolute atomic E-state index is 11.8. The lowest BCUT2D eigenvalue weighted by atomic mass is 10.0. The first-order valence-electron chi connectivity index (χ1n) is 5.86. The van der Waals surface area contributed by atoms with E-state index in [1.165, 1.54) is 0 Å². The Kier molecular flexibility index (Phi) is 5.25. The summed E-state index contributed by atoms with van der Waals surface area (Å²) in [5, 5.41) is 11.1. The Morgan fingerprint density at radius 1 is 1.44 bits per heavy atom. The van der Waals surface area contributed by atoms with Crippen LogP contribution >= 0.6 is 0 Å². The van der Waals surface area contributed by atoms with Crippen molar-refractivity contribution in [3.05, 3.63) is 0 Å². The Morgan fingerprint density at radius 3 is 2.81 bits per heavy atom. The first kappa shape index (κ1) is 13.0. The van der Waals surface area contributed by atoms with E-state index >= 15 is 0 Å². The second kappa shape index (κ2) is 6.48. The SMILES string of the molecule is CC1CCCCN1C(=O)C(=O)NCCCO. The maximum Gasteiger partial charge on any atom is 0.312 e. The van der Waals surface area contributed by atoms with Gasteiger partial charge in [0.25, 0.3) is 0 Å².